The Morgan fingerprint density at radius 3 is 2.76 bits per heavy atom. The maximum atomic E-state index is 6.03. The molecule has 0 radical (unpaired) electrons. The van der Waals surface area contributed by atoms with Gasteiger partial charge in [0.15, 0.2) is 17.5 Å². The summed E-state index contributed by atoms with van der Waals surface area (Å²) < 4.78 is 10.6. The van der Waals surface area contributed by atoms with Crippen molar-refractivity contribution in [2.75, 3.05) is 33.9 Å². The monoisotopic (exact) mass is 348 g/mol. The molecule has 2 rings (SSSR count). The van der Waals surface area contributed by atoms with Crippen molar-refractivity contribution in [1.29, 1.82) is 0 Å². The van der Waals surface area contributed by atoms with Crippen LogP contribution >= 0.6 is 0 Å². The molecule has 140 valence electrons. The quantitative estimate of drug-likeness (QED) is 0.584. The second-order valence-corrected chi connectivity index (χ2v) is 6.87. The Bertz CT molecular complexity index is 575. The minimum absolute atomic E-state index is 0.497. The smallest absolute Gasteiger partial charge is 0.188 e. The highest BCUT2D eigenvalue weighted by Crippen LogP contribution is 2.27. The lowest BCUT2D eigenvalue weighted by Gasteiger charge is -2.35. The molecule has 0 bridgehead atoms. The van der Waals surface area contributed by atoms with Crippen molar-refractivity contribution in [2.45, 2.75) is 39.3 Å². The van der Waals surface area contributed by atoms with E-state index < -0.39 is 0 Å². The Labute approximate surface area is 151 Å². The predicted octanol–water partition coefficient (Wildman–Crippen LogP) is 2.23. The second-order valence-electron chi connectivity index (χ2n) is 6.87. The molecule has 1 unspecified atom stereocenters. The number of benzene rings is 1. The third-order valence-corrected chi connectivity index (χ3v) is 4.73. The molecule has 6 heteroatoms. The lowest BCUT2D eigenvalue weighted by molar-refractivity contribution is 0.141. The zero-order valence-electron chi connectivity index (χ0n) is 15.9. The van der Waals surface area contributed by atoms with Gasteiger partial charge in [0.2, 0.25) is 0 Å². The van der Waals surface area contributed by atoms with Gasteiger partial charge in [-0.25, -0.2) is 4.99 Å². The lowest BCUT2D eigenvalue weighted by Crippen LogP contribution is -2.45. The number of hydrogen-bond donors (Lipinski definition) is 2. The number of methoxy groups -OCH3 is 2. The average molecular weight is 348 g/mol. The number of piperidine rings is 1. The molecule has 0 spiro atoms. The molecule has 1 aromatic rings. The van der Waals surface area contributed by atoms with E-state index in [4.69, 9.17) is 15.2 Å². The van der Waals surface area contributed by atoms with E-state index in [0.717, 1.165) is 18.7 Å². The number of guanidine groups is 1. The van der Waals surface area contributed by atoms with Gasteiger partial charge in [0.05, 0.1) is 20.8 Å². The van der Waals surface area contributed by atoms with Crippen LogP contribution in [0.2, 0.25) is 0 Å². The van der Waals surface area contributed by atoms with E-state index in [0.29, 0.717) is 36.0 Å². The lowest BCUT2D eigenvalue weighted by atomic mass is 9.97. The predicted molar refractivity (Wildman–Crippen MR) is 102 cm³/mol. The summed E-state index contributed by atoms with van der Waals surface area (Å²) in [5, 5.41) is 3.28. The summed E-state index contributed by atoms with van der Waals surface area (Å²) in [5.74, 6) is 2.55. The van der Waals surface area contributed by atoms with Gasteiger partial charge in [-0.05, 0) is 56.8 Å². The number of likely N-dealkylation sites (tertiary alicyclic amines) is 1. The van der Waals surface area contributed by atoms with Gasteiger partial charge in [0.1, 0.15) is 0 Å². The highest BCUT2D eigenvalue weighted by atomic mass is 16.5. The highest BCUT2D eigenvalue weighted by Gasteiger charge is 2.21. The molecule has 3 N–H and O–H groups in total. The molecule has 1 heterocycles. The fourth-order valence-electron chi connectivity index (χ4n) is 3.19. The number of rotatable bonds is 7. The van der Waals surface area contributed by atoms with Crippen LogP contribution in [0.5, 0.6) is 11.5 Å². The zero-order chi connectivity index (χ0) is 18.2. The van der Waals surface area contributed by atoms with Crippen molar-refractivity contribution < 1.29 is 9.47 Å². The molecule has 0 aliphatic carbocycles. The second kappa shape index (κ2) is 9.51. The maximum Gasteiger partial charge on any atom is 0.188 e. The fraction of sp³-hybridized carbons (Fsp3) is 0.632. The van der Waals surface area contributed by atoms with Crippen molar-refractivity contribution in [1.82, 2.24) is 10.2 Å². The first-order chi connectivity index (χ1) is 12.0. The van der Waals surface area contributed by atoms with Crippen LogP contribution in [0.3, 0.4) is 0 Å². The summed E-state index contributed by atoms with van der Waals surface area (Å²) in [6.07, 6.45) is 2.51. The van der Waals surface area contributed by atoms with Crippen molar-refractivity contribution in [2.24, 2.45) is 16.6 Å². The first-order valence-electron chi connectivity index (χ1n) is 9.02. The van der Waals surface area contributed by atoms with Crippen LogP contribution in [0.15, 0.2) is 23.2 Å². The van der Waals surface area contributed by atoms with E-state index in [9.17, 15) is 0 Å². The summed E-state index contributed by atoms with van der Waals surface area (Å²) in [6.45, 7) is 8.25. The van der Waals surface area contributed by atoms with E-state index in [2.05, 4.69) is 29.1 Å². The van der Waals surface area contributed by atoms with Gasteiger partial charge in [-0.3, -0.25) is 0 Å². The Kier molecular flexibility index (Phi) is 7.37. The van der Waals surface area contributed by atoms with Gasteiger partial charge in [-0.2, -0.15) is 0 Å². The van der Waals surface area contributed by atoms with Gasteiger partial charge in [0.25, 0.3) is 0 Å². The number of hydrogen-bond acceptors (Lipinski definition) is 4. The first-order valence-corrected chi connectivity index (χ1v) is 9.02. The number of nitrogens with zero attached hydrogens (tertiary/aromatic N) is 2. The molecule has 1 aromatic carbocycles. The molecule has 1 atom stereocenters. The molecule has 0 aromatic heterocycles. The molecule has 1 aliphatic heterocycles. The van der Waals surface area contributed by atoms with E-state index >= 15 is 0 Å². The maximum absolute atomic E-state index is 6.03. The number of nitrogens with two attached hydrogens (primary N) is 1. The van der Waals surface area contributed by atoms with Crippen molar-refractivity contribution in [3.63, 3.8) is 0 Å². The van der Waals surface area contributed by atoms with E-state index in [1.165, 1.54) is 19.4 Å². The Hall–Kier alpha value is -1.95. The molecule has 0 amide bonds. The number of aliphatic imine (C=N–C) groups is 1. The molecule has 1 aliphatic rings. The fourth-order valence-corrected chi connectivity index (χ4v) is 3.19. The number of ether oxygens (including phenoxy) is 2. The first kappa shape index (κ1) is 19.4. The van der Waals surface area contributed by atoms with E-state index in [1.54, 1.807) is 14.2 Å². The molecule has 1 saturated heterocycles. The molecule has 6 nitrogen and oxygen atoms in total. The normalized spacial score (nSPS) is 19.1. The topological polar surface area (TPSA) is 72.1 Å². The molecule has 1 fully saturated rings. The third-order valence-electron chi connectivity index (χ3n) is 4.73. The summed E-state index contributed by atoms with van der Waals surface area (Å²) >= 11 is 0. The summed E-state index contributed by atoms with van der Waals surface area (Å²) in [4.78, 5) is 6.97. The van der Waals surface area contributed by atoms with Gasteiger partial charge in [-0.15, -0.1) is 0 Å². The molecular weight excluding hydrogens is 316 g/mol. The minimum atomic E-state index is 0.497. The van der Waals surface area contributed by atoms with Crippen LogP contribution in [-0.4, -0.2) is 50.8 Å². The minimum Gasteiger partial charge on any atom is -0.493 e. The highest BCUT2D eigenvalue weighted by molar-refractivity contribution is 5.77. The van der Waals surface area contributed by atoms with Crippen molar-refractivity contribution in [3.8, 4) is 11.5 Å². The van der Waals surface area contributed by atoms with Crippen molar-refractivity contribution in [3.05, 3.63) is 23.8 Å². The Morgan fingerprint density at radius 2 is 2.08 bits per heavy atom. The SMILES string of the molecule is COc1ccc(CN=C(N)NCC2CCCN(C(C)C)C2)cc1OC. The van der Waals surface area contributed by atoms with E-state index in [1.807, 2.05) is 18.2 Å². The van der Waals surface area contributed by atoms with E-state index in [-0.39, 0.29) is 0 Å². The molecule has 25 heavy (non-hydrogen) atoms. The average Bonchev–Trinajstić information content (AvgIpc) is 2.64. The van der Waals surface area contributed by atoms with Crippen LogP contribution < -0.4 is 20.5 Å². The largest absolute Gasteiger partial charge is 0.493 e. The van der Waals surface area contributed by atoms with Crippen LogP contribution in [-0.2, 0) is 6.54 Å². The van der Waals surface area contributed by atoms with Crippen LogP contribution in [0.4, 0.5) is 0 Å². The third kappa shape index (κ3) is 5.81. The standard InChI is InChI=1S/C19H32N4O2/c1-14(2)23-9-5-6-16(13-23)12-22-19(20)21-11-15-7-8-17(24-3)18(10-15)25-4/h7-8,10,14,16H,5-6,9,11-13H2,1-4H3,(H3,20,21,22). The summed E-state index contributed by atoms with van der Waals surface area (Å²) in [6, 6.07) is 6.39. The molecular formula is C19H32N4O2. The van der Waals surface area contributed by atoms with Crippen LogP contribution in [0.25, 0.3) is 0 Å². The molecule has 0 saturated carbocycles. The van der Waals surface area contributed by atoms with Gasteiger partial charge < -0.3 is 25.4 Å². The van der Waals surface area contributed by atoms with Crippen molar-refractivity contribution >= 4 is 5.96 Å². The zero-order valence-corrected chi connectivity index (χ0v) is 15.9. The Balaban J connectivity index is 1.83. The summed E-state index contributed by atoms with van der Waals surface area (Å²) in [7, 11) is 3.26. The number of nitrogens with one attached hydrogen (secondary N) is 1. The van der Waals surface area contributed by atoms with Gasteiger partial charge >= 0.3 is 0 Å². The van der Waals surface area contributed by atoms with Crippen LogP contribution in [0.1, 0.15) is 32.3 Å². The Morgan fingerprint density at radius 1 is 1.32 bits per heavy atom. The van der Waals surface area contributed by atoms with Gasteiger partial charge in [0, 0.05) is 19.1 Å². The van der Waals surface area contributed by atoms with Crippen LogP contribution in [0, 0.1) is 5.92 Å². The van der Waals surface area contributed by atoms with Gasteiger partial charge in [-0.1, -0.05) is 6.07 Å². The summed E-state index contributed by atoms with van der Waals surface area (Å²) in [5.41, 5.74) is 7.06.